The smallest absolute Gasteiger partial charge is 0.113 e. The molecular weight excluding hydrogens is 181 g/mol. The van der Waals surface area contributed by atoms with Crippen molar-refractivity contribution >= 4 is 0 Å². The SMILES string of the molecule is CC(C)c1cn(CC2CC2(C)F)nn1. The summed E-state index contributed by atoms with van der Waals surface area (Å²) in [5.74, 6) is 0.518. The molecule has 0 saturated heterocycles. The van der Waals surface area contributed by atoms with E-state index in [2.05, 4.69) is 24.2 Å². The lowest BCUT2D eigenvalue weighted by Gasteiger charge is -2.00. The maximum atomic E-state index is 13.3. The zero-order valence-electron chi connectivity index (χ0n) is 8.87. The van der Waals surface area contributed by atoms with E-state index in [4.69, 9.17) is 0 Å². The fourth-order valence-corrected chi connectivity index (χ4v) is 1.57. The van der Waals surface area contributed by atoms with E-state index < -0.39 is 5.67 Å². The van der Waals surface area contributed by atoms with Crippen LogP contribution in [-0.2, 0) is 6.54 Å². The normalized spacial score (nSPS) is 31.1. The van der Waals surface area contributed by atoms with E-state index in [0.717, 1.165) is 5.69 Å². The lowest BCUT2D eigenvalue weighted by Crippen LogP contribution is -2.06. The van der Waals surface area contributed by atoms with Gasteiger partial charge in [0, 0.05) is 18.7 Å². The summed E-state index contributed by atoms with van der Waals surface area (Å²) in [7, 11) is 0. The molecule has 2 rings (SSSR count). The number of rotatable bonds is 3. The second-order valence-electron chi connectivity index (χ2n) is 4.70. The van der Waals surface area contributed by atoms with E-state index in [9.17, 15) is 4.39 Å². The molecule has 0 aromatic carbocycles. The summed E-state index contributed by atoms with van der Waals surface area (Å²) in [5.41, 5.74) is 0.00966. The predicted octanol–water partition coefficient (Wildman–Crippen LogP) is 2.15. The van der Waals surface area contributed by atoms with Gasteiger partial charge in [-0.25, -0.2) is 4.39 Å². The van der Waals surface area contributed by atoms with Crippen molar-refractivity contribution in [1.29, 1.82) is 0 Å². The largest absolute Gasteiger partial charge is 0.252 e. The van der Waals surface area contributed by atoms with Gasteiger partial charge in [-0.3, -0.25) is 4.68 Å². The van der Waals surface area contributed by atoms with Crippen molar-refractivity contribution in [1.82, 2.24) is 15.0 Å². The first-order valence-corrected chi connectivity index (χ1v) is 5.08. The summed E-state index contributed by atoms with van der Waals surface area (Å²) in [5, 5.41) is 8.02. The summed E-state index contributed by atoms with van der Waals surface area (Å²) in [6.45, 7) is 6.46. The maximum Gasteiger partial charge on any atom is 0.113 e. The van der Waals surface area contributed by atoms with Gasteiger partial charge >= 0.3 is 0 Å². The van der Waals surface area contributed by atoms with E-state index in [0.29, 0.717) is 18.9 Å². The Kier molecular flexibility index (Phi) is 2.09. The van der Waals surface area contributed by atoms with E-state index >= 15 is 0 Å². The van der Waals surface area contributed by atoms with Crippen LogP contribution in [0, 0.1) is 5.92 Å². The Hall–Kier alpha value is -0.930. The van der Waals surface area contributed by atoms with Crippen LogP contribution in [0.1, 0.15) is 38.8 Å². The molecular formula is C10H16FN3. The predicted molar refractivity (Wildman–Crippen MR) is 51.7 cm³/mol. The third-order valence-corrected chi connectivity index (χ3v) is 2.89. The van der Waals surface area contributed by atoms with Crippen LogP contribution >= 0.6 is 0 Å². The molecule has 0 radical (unpaired) electrons. The summed E-state index contributed by atoms with van der Waals surface area (Å²) in [6.07, 6.45) is 2.57. The van der Waals surface area contributed by atoms with E-state index in [1.807, 2.05) is 6.20 Å². The summed E-state index contributed by atoms with van der Waals surface area (Å²) < 4.78 is 15.0. The van der Waals surface area contributed by atoms with Crippen molar-refractivity contribution in [3.63, 3.8) is 0 Å². The Morgan fingerprint density at radius 1 is 1.71 bits per heavy atom. The topological polar surface area (TPSA) is 30.7 Å². The Morgan fingerprint density at radius 3 is 2.79 bits per heavy atom. The molecule has 0 amide bonds. The molecule has 3 nitrogen and oxygen atoms in total. The second kappa shape index (κ2) is 3.04. The minimum atomic E-state index is -0.968. The molecule has 1 aliphatic rings. The first-order chi connectivity index (χ1) is 6.49. The van der Waals surface area contributed by atoms with Crippen molar-refractivity contribution in [2.24, 2.45) is 5.92 Å². The van der Waals surface area contributed by atoms with Gasteiger partial charge < -0.3 is 0 Å². The van der Waals surface area contributed by atoms with Gasteiger partial charge in [-0.1, -0.05) is 19.1 Å². The van der Waals surface area contributed by atoms with Crippen molar-refractivity contribution in [2.75, 3.05) is 0 Å². The minimum absolute atomic E-state index is 0.129. The molecule has 1 heterocycles. The number of halogens is 1. The molecule has 0 bridgehead atoms. The van der Waals surface area contributed by atoms with Gasteiger partial charge in [0.05, 0.1) is 5.69 Å². The molecule has 2 atom stereocenters. The maximum absolute atomic E-state index is 13.3. The molecule has 1 aliphatic carbocycles. The number of alkyl halides is 1. The minimum Gasteiger partial charge on any atom is -0.252 e. The third kappa shape index (κ3) is 1.79. The fourth-order valence-electron chi connectivity index (χ4n) is 1.57. The van der Waals surface area contributed by atoms with Crippen LogP contribution in [0.15, 0.2) is 6.20 Å². The Labute approximate surface area is 83.3 Å². The highest BCUT2D eigenvalue weighted by atomic mass is 19.1. The molecule has 0 spiro atoms. The number of nitrogens with zero attached hydrogens (tertiary/aromatic N) is 3. The Balaban J connectivity index is 1.98. The molecule has 14 heavy (non-hydrogen) atoms. The molecule has 1 aromatic rings. The summed E-state index contributed by atoms with van der Waals surface area (Å²) >= 11 is 0. The van der Waals surface area contributed by atoms with Gasteiger partial charge in [-0.2, -0.15) is 0 Å². The highest BCUT2D eigenvalue weighted by Crippen LogP contribution is 2.47. The van der Waals surface area contributed by atoms with Gasteiger partial charge in [0.2, 0.25) is 0 Å². The van der Waals surface area contributed by atoms with Crippen LogP contribution < -0.4 is 0 Å². The number of hydrogen-bond donors (Lipinski definition) is 0. The molecule has 4 heteroatoms. The zero-order chi connectivity index (χ0) is 10.3. The number of hydrogen-bond acceptors (Lipinski definition) is 2. The third-order valence-electron chi connectivity index (χ3n) is 2.89. The molecule has 1 aromatic heterocycles. The monoisotopic (exact) mass is 197 g/mol. The molecule has 0 N–H and O–H groups in total. The summed E-state index contributed by atoms with van der Waals surface area (Å²) in [6, 6.07) is 0. The van der Waals surface area contributed by atoms with Crippen molar-refractivity contribution in [2.45, 2.75) is 45.3 Å². The average molecular weight is 197 g/mol. The highest BCUT2D eigenvalue weighted by molar-refractivity contribution is 5.02. The lowest BCUT2D eigenvalue weighted by atomic mass is 10.2. The zero-order valence-corrected chi connectivity index (χ0v) is 8.87. The van der Waals surface area contributed by atoms with E-state index in [-0.39, 0.29) is 5.92 Å². The van der Waals surface area contributed by atoms with E-state index in [1.165, 1.54) is 0 Å². The van der Waals surface area contributed by atoms with Gasteiger partial charge in [-0.15, -0.1) is 5.10 Å². The molecule has 78 valence electrons. The van der Waals surface area contributed by atoms with Crippen molar-refractivity contribution in [3.05, 3.63) is 11.9 Å². The molecule has 2 unspecified atom stereocenters. The van der Waals surface area contributed by atoms with Crippen LogP contribution in [0.3, 0.4) is 0 Å². The fraction of sp³-hybridized carbons (Fsp3) is 0.800. The first kappa shape index (κ1) is 9.62. The molecule has 0 aliphatic heterocycles. The van der Waals surface area contributed by atoms with Crippen LogP contribution in [0.4, 0.5) is 4.39 Å². The van der Waals surface area contributed by atoms with Crippen LogP contribution in [0.5, 0.6) is 0 Å². The molecule has 1 saturated carbocycles. The van der Waals surface area contributed by atoms with Crippen LogP contribution in [0.25, 0.3) is 0 Å². The molecule has 1 fully saturated rings. The van der Waals surface area contributed by atoms with Gasteiger partial charge in [0.1, 0.15) is 5.67 Å². The summed E-state index contributed by atoms with van der Waals surface area (Å²) in [4.78, 5) is 0. The quantitative estimate of drug-likeness (QED) is 0.743. The van der Waals surface area contributed by atoms with E-state index in [1.54, 1.807) is 11.6 Å². The van der Waals surface area contributed by atoms with Crippen LogP contribution in [-0.4, -0.2) is 20.7 Å². The van der Waals surface area contributed by atoms with Crippen molar-refractivity contribution in [3.8, 4) is 0 Å². The lowest BCUT2D eigenvalue weighted by molar-refractivity contribution is 0.294. The second-order valence-corrected chi connectivity index (χ2v) is 4.70. The van der Waals surface area contributed by atoms with Gasteiger partial charge in [0.15, 0.2) is 0 Å². The number of aromatic nitrogens is 3. The highest BCUT2D eigenvalue weighted by Gasteiger charge is 2.51. The van der Waals surface area contributed by atoms with Gasteiger partial charge in [-0.05, 0) is 19.3 Å². The standard InChI is InChI=1S/C10H16FN3/c1-7(2)9-6-14(13-12-9)5-8-4-10(8,3)11/h6-8H,4-5H2,1-3H3. The van der Waals surface area contributed by atoms with Crippen molar-refractivity contribution < 1.29 is 4.39 Å². The van der Waals surface area contributed by atoms with Crippen LogP contribution in [0.2, 0.25) is 0 Å². The average Bonchev–Trinajstić information content (AvgIpc) is 2.51. The first-order valence-electron chi connectivity index (χ1n) is 5.08. The van der Waals surface area contributed by atoms with Gasteiger partial charge in [0.25, 0.3) is 0 Å². The Morgan fingerprint density at radius 2 is 2.36 bits per heavy atom. The Bertz CT molecular complexity index is 330.